The fourth-order valence-electron chi connectivity index (χ4n) is 13.6. The number of carbonyl (C=O) groups is 11. The van der Waals surface area contributed by atoms with Crippen LogP contribution in [0.5, 0.6) is 0 Å². The minimum atomic E-state index is -1.02. The lowest BCUT2D eigenvalue weighted by atomic mass is 9.81. The number of rotatable bonds is 22. The Morgan fingerprint density at radius 1 is 0.387 bits per heavy atom. The summed E-state index contributed by atoms with van der Waals surface area (Å²) in [6.07, 6.45) is 5.74. The molecule has 52 heteroatoms. The molecule has 7 aliphatic rings. The van der Waals surface area contributed by atoms with E-state index in [2.05, 4.69) is 469 Å². The Morgan fingerprint density at radius 3 is 0.960 bits per heavy atom. The molecule has 0 aliphatic carbocycles. The van der Waals surface area contributed by atoms with Crippen LogP contribution in [-0.2, 0) is 57.1 Å². The predicted octanol–water partition coefficient (Wildman–Crippen LogP) is 16.6. The van der Waals surface area contributed by atoms with Gasteiger partial charge in [-0.15, -0.1) is 0 Å². The third-order valence-corrected chi connectivity index (χ3v) is 46.4. The third kappa shape index (κ3) is 60.3. The zero-order chi connectivity index (χ0) is 113. The SMILES string of the molecule is C.C.CC(C)(I)C(=O)[O-].CC(C)(I)C(=O)[O-].CC(C)(I)C(=O)[O-].CC(C)(I)C(=O)[O-].CC(C)(I)C(=O)[O-].CC1(C)CC(OC(=O)c2cc(I)cc(I)c2I)CC(C)(C)[NH2+]1.O=C(OC1CC[NH2+]CC1)c1cc(I)cc(I)c1I.O=C(OC1C[NH+]2CCC1CC2)c1cc(I)cc(I)c1I.O=C(OCC(C[NH+]1CCOCC1)OC(=O)c1cc(I)cc(I)c1I)c1cc(I)cc(I)c1I.O=C(OCC[NH+]1CCSCC1)c1cc(I)cc(I)c1I. The standard InChI is InChI=1S/C21H17I6NO5.C16H20I3NO2.C14H14I3NO2.C13H14I3NO2S.C12H12I3NO2.5C4H7IO2.2CH4/c22-11-5-14(18(26)16(24)7-11)20(29)32-10-13(9-28-1-3-31-4-2-28)33-21(30)15-6-12(23)8-17(25)19(15)27;1-15(2)7-10(8-16(3,4)20-15)22-14(21)11-5-9(17)6-12(18)13(11)19;15-9-5-10(13(17)11(16)6-9)14(19)20-12-7-18-3-1-8(12)2-4-18;14-9-7-10(12(16)11(15)8-9)13(18)19-4-1-17-2-5-20-6-3-17;13-7-5-9(11(15)10(14)6-7)12(17)18-8-1-3-16-4-2-8;5*1-4(2,5)3(6)7;;/h5-8,13H,1-4,9-10H2;5-6,10,20H,7-8H2,1-4H3;5-6,8,12H,1-4,7H2;7-8H,1-6H2;5-6,8,16H,1-4H2;5*1-2H3,(H,6,7);2*1H4. The van der Waals surface area contributed by atoms with Crippen molar-refractivity contribution >= 4 is 597 Å². The normalized spacial score (nSPS) is 17.0. The highest BCUT2D eigenvalue weighted by Crippen LogP contribution is 2.34. The molecule has 150 heavy (non-hydrogen) atoms. The van der Waals surface area contributed by atoms with Gasteiger partial charge in [0, 0.05) is 120 Å². The number of piperidine rings is 5. The van der Waals surface area contributed by atoms with Gasteiger partial charge in [0.1, 0.15) is 58.1 Å². The average Bonchev–Trinajstić information content (AvgIpc) is 0.787. The van der Waals surface area contributed by atoms with Gasteiger partial charge in [0.2, 0.25) is 0 Å². The number of hydrogen-bond donors (Lipinski definition) is 5. The van der Waals surface area contributed by atoms with Crippen LogP contribution >= 0.6 is 531 Å². The molecule has 6 aromatic rings. The average molecular weight is 4690 g/mol. The second-order valence-electron chi connectivity index (χ2n) is 37.5. The predicted molar refractivity (Wildman–Crippen MR) is 772 cm³/mol. The van der Waals surface area contributed by atoms with Crippen LogP contribution in [0.15, 0.2) is 72.8 Å². The van der Waals surface area contributed by atoms with E-state index in [-0.39, 0.29) is 74.7 Å². The summed E-state index contributed by atoms with van der Waals surface area (Å²) in [7, 11) is 0. The van der Waals surface area contributed by atoms with Gasteiger partial charge in [0.25, 0.3) is 0 Å². The van der Waals surface area contributed by atoms with Gasteiger partial charge in [-0.05, 0) is 576 Å². The number of halogens is 23. The summed E-state index contributed by atoms with van der Waals surface area (Å²) in [6, 6.07) is 23.6. The van der Waals surface area contributed by atoms with E-state index < -0.39 is 65.0 Å². The zero-order valence-electron chi connectivity index (χ0n) is 82.2. The minimum Gasteiger partial charge on any atom is -0.549 e. The number of aliphatic carboxylic acids is 5. The molecule has 28 nitrogen and oxygen atoms in total. The summed E-state index contributed by atoms with van der Waals surface area (Å²) < 4.78 is 54.4. The lowest BCUT2D eigenvalue weighted by Crippen LogP contribution is -3.16. The van der Waals surface area contributed by atoms with Crippen molar-refractivity contribution in [3.8, 4) is 0 Å². The molecule has 7 fully saturated rings. The molecule has 6 aromatic carbocycles. The van der Waals surface area contributed by atoms with Gasteiger partial charge in [0.05, 0.1) is 144 Å². The van der Waals surface area contributed by atoms with Gasteiger partial charge >= 0.3 is 35.8 Å². The number of quaternary nitrogens is 5. The number of fused-ring (bicyclic) bond motifs is 3. The fraction of sp³-hybridized carbons (Fsp3) is 0.520. The molecule has 7 N–H and O–H groups in total. The van der Waals surface area contributed by atoms with Crippen molar-refractivity contribution in [2.75, 3.05) is 110 Å². The second kappa shape index (κ2) is 74.9. The number of carbonyl (C=O) groups excluding carboxylic acids is 11. The van der Waals surface area contributed by atoms with Crippen LogP contribution in [0.2, 0.25) is 0 Å². The van der Waals surface area contributed by atoms with Crippen LogP contribution in [0, 0.1) is 70.2 Å². The molecule has 7 aliphatic heterocycles. The van der Waals surface area contributed by atoms with Crippen molar-refractivity contribution < 1.29 is 137 Å². The van der Waals surface area contributed by atoms with E-state index in [1.165, 1.54) is 55.4 Å². The summed E-state index contributed by atoms with van der Waals surface area (Å²) in [4.78, 5) is 129. The highest BCUT2D eigenvalue weighted by molar-refractivity contribution is 14.1. The van der Waals surface area contributed by atoms with Crippen molar-refractivity contribution in [1.29, 1.82) is 0 Å². The molecule has 13 rings (SSSR count). The number of alkyl halides is 5. The number of carboxylic acid groups (broad SMARTS) is 5. The van der Waals surface area contributed by atoms with Crippen LogP contribution in [0.1, 0.15) is 212 Å². The maximum atomic E-state index is 13.1. The van der Waals surface area contributed by atoms with Gasteiger partial charge in [-0.25, -0.2) is 28.8 Å². The van der Waals surface area contributed by atoms with E-state index in [0.717, 1.165) is 129 Å². The van der Waals surface area contributed by atoms with Gasteiger partial charge < -0.3 is 108 Å². The Morgan fingerprint density at radius 2 is 0.667 bits per heavy atom. The van der Waals surface area contributed by atoms with E-state index in [0.29, 0.717) is 65.7 Å². The monoisotopic (exact) mass is 4690 g/mol. The summed E-state index contributed by atoms with van der Waals surface area (Å²) in [5, 5.41) is 54.2. The van der Waals surface area contributed by atoms with E-state index in [9.17, 15) is 78.3 Å². The van der Waals surface area contributed by atoms with Crippen molar-refractivity contribution in [1.82, 2.24) is 0 Å². The van der Waals surface area contributed by atoms with Gasteiger partial charge in [-0.3, -0.25) is 0 Å². The first kappa shape index (κ1) is 154. The second-order valence-corrected chi connectivity index (χ2v) is 73.1. The van der Waals surface area contributed by atoms with Crippen LogP contribution in [0.25, 0.3) is 0 Å². The van der Waals surface area contributed by atoms with E-state index in [1.54, 1.807) is 192 Å². The number of carboxylic acids is 5. The molecule has 2 unspecified atom stereocenters. The molecule has 7 saturated heterocycles. The minimum absolute atomic E-state index is 0. The summed E-state index contributed by atoms with van der Waals surface area (Å²) in [6.45, 7) is 37.7. The fourth-order valence-corrected chi connectivity index (χ4v) is 29.0. The van der Waals surface area contributed by atoms with Crippen molar-refractivity contribution in [2.24, 2.45) is 5.92 Å². The highest BCUT2D eigenvalue weighted by Gasteiger charge is 2.45. The molecule has 0 spiro atoms. The first-order valence-electron chi connectivity index (χ1n) is 45.0. The number of benzene rings is 6. The van der Waals surface area contributed by atoms with Crippen LogP contribution in [0.3, 0.4) is 0 Å². The smallest absolute Gasteiger partial charge is 0.339 e. The summed E-state index contributed by atoms with van der Waals surface area (Å²) in [5.74, 6) is -3.61. The van der Waals surface area contributed by atoms with Crippen molar-refractivity contribution in [3.63, 3.8) is 0 Å². The van der Waals surface area contributed by atoms with Gasteiger partial charge in [-0.1, -0.05) is 128 Å². The van der Waals surface area contributed by atoms with Gasteiger partial charge in [-0.2, -0.15) is 11.8 Å². The first-order chi connectivity index (χ1) is 68.0. The molecule has 842 valence electrons. The van der Waals surface area contributed by atoms with E-state index in [1.807, 2.05) is 60.3 Å². The summed E-state index contributed by atoms with van der Waals surface area (Å²) >= 11 is 51.1. The Bertz CT molecular complexity index is 5370. The molecular formula is C98H120I23N5O23S. The molecular weight excluding hydrogens is 4570 g/mol. The van der Waals surface area contributed by atoms with Crippen molar-refractivity contribution in [2.45, 2.75) is 203 Å². The number of nitrogens with one attached hydrogen (secondary N) is 3. The van der Waals surface area contributed by atoms with Crippen molar-refractivity contribution in [3.05, 3.63) is 170 Å². The highest BCUT2D eigenvalue weighted by atomic mass is 127. The van der Waals surface area contributed by atoms with E-state index >= 15 is 0 Å². The maximum absolute atomic E-state index is 13.1. The molecule has 2 atom stereocenters. The molecule has 0 amide bonds. The third-order valence-electron chi connectivity index (χ3n) is 21.2. The molecule has 2 bridgehead atoms. The zero-order valence-corrected chi connectivity index (χ0v) is 133. The number of nitrogens with two attached hydrogens (primary N) is 2. The Hall–Kier alpha value is 6.39. The molecule has 7 heterocycles. The Kier molecular flexibility index (Phi) is 77.1. The summed E-state index contributed by atoms with van der Waals surface area (Å²) in [5.41, 5.74) is 4.03. The van der Waals surface area contributed by atoms with Gasteiger partial charge in [0.15, 0.2) is 12.2 Å². The van der Waals surface area contributed by atoms with Crippen LogP contribution < -0.4 is 50.9 Å². The quantitative estimate of drug-likeness (QED) is 0.0138. The topological polar surface area (TPSA) is 414 Å². The molecule has 0 radical (unpaired) electrons. The Balaban J connectivity index is 0.000000872. The van der Waals surface area contributed by atoms with Crippen LogP contribution in [-0.4, -0.2) is 228 Å². The number of thioether (sulfide) groups is 1. The number of hydrogen-bond acceptors (Lipinski definition) is 24. The number of ether oxygens (including phenoxy) is 7. The van der Waals surface area contributed by atoms with Crippen LogP contribution in [0.4, 0.5) is 0 Å². The largest absolute Gasteiger partial charge is 0.549 e. The molecule has 0 saturated carbocycles. The number of esters is 6. The molecule has 0 aromatic heterocycles. The van der Waals surface area contributed by atoms with E-state index in [4.69, 9.17) is 33.2 Å². The first-order valence-corrected chi connectivity index (χ1v) is 70.9. The number of morpholine rings is 1. The Labute approximate surface area is 1200 Å². The maximum Gasteiger partial charge on any atom is 0.339 e. The lowest BCUT2D eigenvalue weighted by Gasteiger charge is -2.42. The lowest BCUT2D eigenvalue weighted by molar-refractivity contribution is -0.920.